The Labute approximate surface area is 72.0 Å². The Morgan fingerprint density at radius 3 is 2.70 bits per heavy atom. The maximum atomic E-state index is 12.7. The molecule has 10 heavy (non-hydrogen) atoms. The van der Waals surface area contributed by atoms with Crippen molar-refractivity contribution in [1.82, 2.24) is 0 Å². The largest absolute Gasteiger partial charge is 0.508 e. The molecular formula is C7H6FIO. The molecule has 0 aliphatic rings. The first-order chi connectivity index (χ1) is 4.74. The van der Waals surface area contributed by atoms with Gasteiger partial charge in [-0.05, 0) is 11.6 Å². The standard InChI is InChI=1S/C7H6FIO/c8-7-3-6(10)2-1-5(7)4-9/h1-3,10H,4H2. The highest BCUT2D eigenvalue weighted by Crippen LogP contribution is 2.16. The Balaban J connectivity index is 3.07. The molecule has 0 aliphatic heterocycles. The SMILES string of the molecule is Oc1ccc(CI)c(F)c1. The highest BCUT2D eigenvalue weighted by atomic mass is 127. The maximum absolute atomic E-state index is 12.7. The highest BCUT2D eigenvalue weighted by molar-refractivity contribution is 14.1. The molecule has 0 heterocycles. The van der Waals surface area contributed by atoms with Gasteiger partial charge < -0.3 is 5.11 Å². The second-order valence-corrected chi connectivity index (χ2v) is 2.67. The first kappa shape index (κ1) is 7.78. The van der Waals surface area contributed by atoms with E-state index in [0.29, 0.717) is 9.99 Å². The summed E-state index contributed by atoms with van der Waals surface area (Å²) >= 11 is 2.07. The second kappa shape index (κ2) is 3.18. The van der Waals surface area contributed by atoms with Crippen molar-refractivity contribution in [2.75, 3.05) is 0 Å². The molecule has 0 radical (unpaired) electrons. The van der Waals surface area contributed by atoms with Crippen LogP contribution in [0.1, 0.15) is 5.56 Å². The van der Waals surface area contributed by atoms with Gasteiger partial charge in [-0.25, -0.2) is 4.39 Å². The Morgan fingerprint density at radius 1 is 1.50 bits per heavy atom. The van der Waals surface area contributed by atoms with E-state index in [4.69, 9.17) is 5.11 Å². The van der Waals surface area contributed by atoms with Crippen molar-refractivity contribution in [3.05, 3.63) is 29.6 Å². The summed E-state index contributed by atoms with van der Waals surface area (Å²) < 4.78 is 13.3. The molecule has 0 unspecified atom stereocenters. The number of benzene rings is 1. The lowest BCUT2D eigenvalue weighted by Crippen LogP contribution is -1.83. The van der Waals surface area contributed by atoms with Crippen molar-refractivity contribution in [3.63, 3.8) is 0 Å². The van der Waals surface area contributed by atoms with Crippen LogP contribution >= 0.6 is 22.6 Å². The third-order valence-electron chi connectivity index (χ3n) is 1.18. The summed E-state index contributed by atoms with van der Waals surface area (Å²) in [4.78, 5) is 0. The number of rotatable bonds is 1. The molecule has 0 atom stereocenters. The maximum Gasteiger partial charge on any atom is 0.130 e. The molecule has 0 bridgehead atoms. The third kappa shape index (κ3) is 1.59. The van der Waals surface area contributed by atoms with Crippen LogP contribution < -0.4 is 0 Å². The first-order valence-corrected chi connectivity index (χ1v) is 4.30. The van der Waals surface area contributed by atoms with Crippen molar-refractivity contribution >= 4 is 22.6 Å². The number of hydrogen-bond acceptors (Lipinski definition) is 1. The number of phenolic OH excluding ortho intramolecular Hbond substituents is 1. The van der Waals surface area contributed by atoms with Gasteiger partial charge in [-0.3, -0.25) is 0 Å². The van der Waals surface area contributed by atoms with E-state index in [9.17, 15) is 4.39 Å². The monoisotopic (exact) mass is 252 g/mol. The van der Waals surface area contributed by atoms with Crippen molar-refractivity contribution in [3.8, 4) is 5.75 Å². The summed E-state index contributed by atoms with van der Waals surface area (Å²) in [6.45, 7) is 0. The second-order valence-electron chi connectivity index (χ2n) is 1.91. The molecule has 0 amide bonds. The van der Waals surface area contributed by atoms with Gasteiger partial charge in [-0.1, -0.05) is 28.7 Å². The van der Waals surface area contributed by atoms with E-state index in [1.807, 2.05) is 0 Å². The van der Waals surface area contributed by atoms with E-state index in [2.05, 4.69) is 22.6 Å². The zero-order valence-electron chi connectivity index (χ0n) is 5.14. The molecule has 0 aromatic heterocycles. The lowest BCUT2D eigenvalue weighted by molar-refractivity contribution is 0.468. The van der Waals surface area contributed by atoms with Crippen LogP contribution in [0.25, 0.3) is 0 Å². The molecule has 0 saturated carbocycles. The fourth-order valence-corrected chi connectivity index (χ4v) is 1.26. The minimum Gasteiger partial charge on any atom is -0.508 e. The molecule has 54 valence electrons. The third-order valence-corrected chi connectivity index (χ3v) is 2.00. The van der Waals surface area contributed by atoms with Crippen molar-refractivity contribution in [1.29, 1.82) is 0 Å². The molecule has 0 spiro atoms. The molecule has 0 fully saturated rings. The summed E-state index contributed by atoms with van der Waals surface area (Å²) in [5, 5.41) is 8.79. The Hall–Kier alpha value is -0.320. The van der Waals surface area contributed by atoms with Gasteiger partial charge >= 0.3 is 0 Å². The molecule has 1 rings (SSSR count). The van der Waals surface area contributed by atoms with Gasteiger partial charge in [0.15, 0.2) is 0 Å². The summed E-state index contributed by atoms with van der Waals surface area (Å²) in [5.41, 5.74) is 0.624. The molecule has 1 aromatic carbocycles. The number of halogens is 2. The molecule has 1 aromatic rings. The van der Waals surface area contributed by atoms with Gasteiger partial charge in [0.2, 0.25) is 0 Å². The zero-order valence-corrected chi connectivity index (χ0v) is 7.30. The van der Waals surface area contributed by atoms with Gasteiger partial charge in [0, 0.05) is 10.5 Å². The van der Waals surface area contributed by atoms with Crippen LogP contribution in [0.2, 0.25) is 0 Å². The quantitative estimate of drug-likeness (QED) is 0.601. The van der Waals surface area contributed by atoms with Crippen LogP contribution in [0, 0.1) is 5.82 Å². The zero-order chi connectivity index (χ0) is 7.56. The molecule has 0 aliphatic carbocycles. The van der Waals surface area contributed by atoms with Crippen LogP contribution in [-0.2, 0) is 4.43 Å². The molecule has 1 N–H and O–H groups in total. The summed E-state index contributed by atoms with van der Waals surface area (Å²) in [5.74, 6) is -0.361. The van der Waals surface area contributed by atoms with Crippen LogP contribution in [0.4, 0.5) is 4.39 Å². The van der Waals surface area contributed by atoms with E-state index < -0.39 is 0 Å². The van der Waals surface area contributed by atoms with Crippen molar-refractivity contribution in [2.24, 2.45) is 0 Å². The Morgan fingerprint density at radius 2 is 2.20 bits per heavy atom. The molecular weight excluding hydrogens is 246 g/mol. The lowest BCUT2D eigenvalue weighted by atomic mass is 10.2. The fourth-order valence-electron chi connectivity index (χ4n) is 0.645. The topological polar surface area (TPSA) is 20.2 Å². The average molecular weight is 252 g/mol. The highest BCUT2D eigenvalue weighted by Gasteiger charge is 1.99. The van der Waals surface area contributed by atoms with Gasteiger partial charge in [-0.15, -0.1) is 0 Å². The van der Waals surface area contributed by atoms with E-state index in [0.717, 1.165) is 6.07 Å². The molecule has 1 nitrogen and oxygen atoms in total. The lowest BCUT2D eigenvalue weighted by Gasteiger charge is -1.97. The average Bonchev–Trinajstić information content (AvgIpc) is 1.88. The summed E-state index contributed by atoms with van der Waals surface area (Å²) in [6, 6.07) is 4.18. The smallest absolute Gasteiger partial charge is 0.130 e. The van der Waals surface area contributed by atoms with Gasteiger partial charge in [0.1, 0.15) is 11.6 Å². The van der Waals surface area contributed by atoms with Gasteiger partial charge in [0.05, 0.1) is 0 Å². The predicted molar refractivity (Wildman–Crippen MR) is 45.8 cm³/mol. The molecule has 0 saturated heterocycles. The minimum atomic E-state index is -0.339. The van der Waals surface area contributed by atoms with Crippen LogP contribution in [0.15, 0.2) is 18.2 Å². The fraction of sp³-hybridized carbons (Fsp3) is 0.143. The Kier molecular flexibility index (Phi) is 2.48. The van der Waals surface area contributed by atoms with E-state index in [1.165, 1.54) is 6.07 Å². The summed E-state index contributed by atoms with van der Waals surface area (Å²) in [6.07, 6.45) is 0. The first-order valence-electron chi connectivity index (χ1n) is 2.77. The van der Waals surface area contributed by atoms with E-state index in [1.54, 1.807) is 6.07 Å². The minimum absolute atomic E-state index is 0.0221. The van der Waals surface area contributed by atoms with Crippen molar-refractivity contribution < 1.29 is 9.50 Å². The van der Waals surface area contributed by atoms with Crippen LogP contribution in [-0.4, -0.2) is 5.11 Å². The van der Waals surface area contributed by atoms with Gasteiger partial charge in [-0.2, -0.15) is 0 Å². The normalized spacial score (nSPS) is 9.80. The number of aromatic hydroxyl groups is 1. The van der Waals surface area contributed by atoms with E-state index >= 15 is 0 Å². The van der Waals surface area contributed by atoms with E-state index in [-0.39, 0.29) is 11.6 Å². The van der Waals surface area contributed by atoms with Crippen LogP contribution in [0.3, 0.4) is 0 Å². The van der Waals surface area contributed by atoms with Crippen LogP contribution in [0.5, 0.6) is 5.75 Å². The van der Waals surface area contributed by atoms with Crippen molar-refractivity contribution in [2.45, 2.75) is 4.43 Å². The number of hydrogen-bond donors (Lipinski definition) is 1. The Bertz CT molecular complexity index is 237. The number of phenols is 1. The van der Waals surface area contributed by atoms with Gasteiger partial charge in [0.25, 0.3) is 0 Å². The predicted octanol–water partition coefficient (Wildman–Crippen LogP) is 2.47. The summed E-state index contributed by atoms with van der Waals surface area (Å²) in [7, 11) is 0. The number of alkyl halides is 1. The molecule has 3 heteroatoms.